The highest BCUT2D eigenvalue weighted by Crippen LogP contribution is 2.32. The van der Waals surface area contributed by atoms with Crippen LogP contribution in [0.4, 0.5) is 0 Å². The number of rotatable bonds is 4. The molecular formula is C14H26N2O. The van der Waals surface area contributed by atoms with Gasteiger partial charge in [-0.1, -0.05) is 19.3 Å². The van der Waals surface area contributed by atoms with Gasteiger partial charge in [0.1, 0.15) is 0 Å². The fraction of sp³-hybridized carbons (Fsp3) is 0.929. The summed E-state index contributed by atoms with van der Waals surface area (Å²) in [6, 6.07) is 0.528. The third-order valence-corrected chi connectivity index (χ3v) is 4.19. The second-order valence-corrected chi connectivity index (χ2v) is 5.99. The first-order valence-electron chi connectivity index (χ1n) is 7.19. The van der Waals surface area contributed by atoms with Crippen LogP contribution < -0.4 is 5.73 Å². The van der Waals surface area contributed by atoms with Gasteiger partial charge >= 0.3 is 0 Å². The van der Waals surface area contributed by atoms with Crippen molar-refractivity contribution in [3.05, 3.63) is 0 Å². The maximum Gasteiger partial charge on any atom is 0.240 e. The van der Waals surface area contributed by atoms with E-state index < -0.39 is 0 Å². The minimum Gasteiger partial charge on any atom is -0.336 e. The Balaban J connectivity index is 1.96. The van der Waals surface area contributed by atoms with E-state index >= 15 is 0 Å². The van der Waals surface area contributed by atoms with Crippen molar-refractivity contribution in [2.24, 2.45) is 11.7 Å². The van der Waals surface area contributed by atoms with Crippen molar-refractivity contribution < 1.29 is 4.79 Å². The molecule has 0 unspecified atom stereocenters. The maximum atomic E-state index is 12.5. The number of carbonyl (C=O) groups is 1. The molecule has 0 radical (unpaired) electrons. The highest BCUT2D eigenvalue weighted by Gasteiger charge is 2.38. The second kappa shape index (κ2) is 5.38. The van der Waals surface area contributed by atoms with E-state index in [1.54, 1.807) is 0 Å². The van der Waals surface area contributed by atoms with Crippen LogP contribution in [-0.4, -0.2) is 28.9 Å². The lowest BCUT2D eigenvalue weighted by Crippen LogP contribution is -2.51. The van der Waals surface area contributed by atoms with Gasteiger partial charge in [-0.15, -0.1) is 0 Å². The van der Waals surface area contributed by atoms with Crippen molar-refractivity contribution in [1.82, 2.24) is 4.90 Å². The molecule has 0 spiro atoms. The molecule has 0 saturated heterocycles. The topological polar surface area (TPSA) is 46.3 Å². The molecule has 2 N–H and O–H groups in total. The average molecular weight is 238 g/mol. The fourth-order valence-electron chi connectivity index (χ4n) is 3.08. The van der Waals surface area contributed by atoms with E-state index in [4.69, 9.17) is 5.73 Å². The largest absolute Gasteiger partial charge is 0.336 e. The van der Waals surface area contributed by atoms with Crippen LogP contribution in [0.5, 0.6) is 0 Å². The molecule has 2 aliphatic rings. The molecule has 0 bridgehead atoms. The number of hydrogen-bond donors (Lipinski definition) is 1. The van der Waals surface area contributed by atoms with E-state index in [-0.39, 0.29) is 11.9 Å². The van der Waals surface area contributed by atoms with E-state index in [1.165, 1.54) is 32.1 Å². The van der Waals surface area contributed by atoms with Gasteiger partial charge < -0.3 is 10.6 Å². The third kappa shape index (κ3) is 3.01. The van der Waals surface area contributed by atoms with Crippen molar-refractivity contribution in [3.63, 3.8) is 0 Å². The Morgan fingerprint density at radius 2 is 1.71 bits per heavy atom. The normalized spacial score (nSPS) is 23.8. The molecule has 2 fully saturated rings. The molecule has 17 heavy (non-hydrogen) atoms. The van der Waals surface area contributed by atoms with Gasteiger partial charge in [0.05, 0.1) is 6.04 Å². The lowest BCUT2D eigenvalue weighted by atomic mass is 9.83. The monoisotopic (exact) mass is 238 g/mol. The highest BCUT2D eigenvalue weighted by atomic mass is 16.2. The zero-order chi connectivity index (χ0) is 12.4. The summed E-state index contributed by atoms with van der Waals surface area (Å²) in [5.74, 6) is 0.630. The molecule has 0 aliphatic heterocycles. The summed E-state index contributed by atoms with van der Waals surface area (Å²) in [6.07, 6.45) is 8.43. The van der Waals surface area contributed by atoms with Crippen molar-refractivity contribution in [2.75, 3.05) is 0 Å². The van der Waals surface area contributed by atoms with Gasteiger partial charge in [-0.3, -0.25) is 4.79 Å². The van der Waals surface area contributed by atoms with Gasteiger partial charge in [-0.05, 0) is 45.4 Å². The second-order valence-electron chi connectivity index (χ2n) is 5.99. The Labute approximate surface area is 105 Å². The maximum absolute atomic E-state index is 12.5. The number of nitrogens with zero attached hydrogens (tertiary/aromatic N) is 1. The van der Waals surface area contributed by atoms with Crippen molar-refractivity contribution >= 4 is 5.91 Å². The first kappa shape index (κ1) is 12.9. The quantitative estimate of drug-likeness (QED) is 0.817. The van der Waals surface area contributed by atoms with Gasteiger partial charge in [-0.2, -0.15) is 0 Å². The molecule has 0 aromatic rings. The first-order chi connectivity index (χ1) is 8.11. The number of hydrogen-bond acceptors (Lipinski definition) is 2. The zero-order valence-electron chi connectivity index (χ0n) is 11.2. The molecule has 1 amide bonds. The smallest absolute Gasteiger partial charge is 0.240 e. The van der Waals surface area contributed by atoms with Crippen LogP contribution in [-0.2, 0) is 4.79 Å². The molecule has 0 heterocycles. The summed E-state index contributed by atoms with van der Waals surface area (Å²) in [5.41, 5.74) is 6.20. The first-order valence-corrected chi connectivity index (χ1v) is 7.19. The summed E-state index contributed by atoms with van der Waals surface area (Å²) in [4.78, 5) is 14.5. The average Bonchev–Trinajstić information content (AvgIpc) is 3.13. The molecule has 1 atom stereocenters. The summed E-state index contributed by atoms with van der Waals surface area (Å²) < 4.78 is 0. The van der Waals surface area contributed by atoms with Crippen LogP contribution in [0, 0.1) is 5.92 Å². The van der Waals surface area contributed by atoms with E-state index in [2.05, 4.69) is 13.8 Å². The molecule has 0 aromatic carbocycles. The fourth-order valence-corrected chi connectivity index (χ4v) is 3.08. The zero-order valence-corrected chi connectivity index (χ0v) is 11.2. The Bertz CT molecular complexity index is 265. The summed E-state index contributed by atoms with van der Waals surface area (Å²) >= 11 is 0. The van der Waals surface area contributed by atoms with E-state index in [0.29, 0.717) is 18.0 Å². The molecule has 3 heteroatoms. The molecular weight excluding hydrogens is 212 g/mol. The van der Waals surface area contributed by atoms with Crippen LogP contribution in [0.3, 0.4) is 0 Å². The summed E-state index contributed by atoms with van der Waals surface area (Å²) in [7, 11) is 0. The summed E-state index contributed by atoms with van der Waals surface area (Å²) in [5, 5.41) is 0. The molecule has 2 aliphatic carbocycles. The summed E-state index contributed by atoms with van der Waals surface area (Å²) in [6.45, 7) is 4.20. The Morgan fingerprint density at radius 3 is 2.18 bits per heavy atom. The minimum absolute atomic E-state index is 0.203. The van der Waals surface area contributed by atoms with Gasteiger partial charge in [0.2, 0.25) is 5.91 Å². The third-order valence-electron chi connectivity index (χ3n) is 4.19. The van der Waals surface area contributed by atoms with E-state index in [1.807, 2.05) is 4.90 Å². The molecule has 0 aromatic heterocycles. The Kier molecular flexibility index (Phi) is 4.08. The van der Waals surface area contributed by atoms with Gasteiger partial charge in [0.25, 0.3) is 0 Å². The van der Waals surface area contributed by atoms with E-state index in [9.17, 15) is 4.79 Å². The Morgan fingerprint density at radius 1 is 1.12 bits per heavy atom. The molecule has 98 valence electrons. The number of amides is 1. The molecule has 2 rings (SSSR count). The lowest BCUT2D eigenvalue weighted by molar-refractivity contribution is -0.136. The standard InChI is InChI=1S/C14H26N2O/c1-10(2)16(12-8-9-12)14(17)13(15)11-6-4-3-5-7-11/h10-13H,3-9,15H2,1-2H3/t13-/m0/s1. The Hall–Kier alpha value is -0.570. The van der Waals surface area contributed by atoms with Crippen molar-refractivity contribution in [2.45, 2.75) is 76.9 Å². The van der Waals surface area contributed by atoms with Crippen LogP contribution in [0.1, 0.15) is 58.8 Å². The highest BCUT2D eigenvalue weighted by molar-refractivity contribution is 5.82. The van der Waals surface area contributed by atoms with Gasteiger partial charge in [-0.25, -0.2) is 0 Å². The predicted molar refractivity (Wildman–Crippen MR) is 69.6 cm³/mol. The predicted octanol–water partition coefficient (Wildman–Crippen LogP) is 2.29. The number of nitrogens with two attached hydrogens (primary N) is 1. The van der Waals surface area contributed by atoms with Crippen LogP contribution in [0.25, 0.3) is 0 Å². The number of carbonyl (C=O) groups excluding carboxylic acids is 1. The van der Waals surface area contributed by atoms with E-state index in [0.717, 1.165) is 12.8 Å². The minimum atomic E-state index is -0.252. The van der Waals surface area contributed by atoms with Crippen LogP contribution >= 0.6 is 0 Å². The SMILES string of the molecule is CC(C)N(C(=O)[C@@H](N)C1CCCCC1)C1CC1. The molecule has 3 nitrogen and oxygen atoms in total. The van der Waals surface area contributed by atoms with Crippen LogP contribution in [0.2, 0.25) is 0 Å². The van der Waals surface area contributed by atoms with Crippen molar-refractivity contribution in [1.29, 1.82) is 0 Å². The molecule has 2 saturated carbocycles. The van der Waals surface area contributed by atoms with Crippen molar-refractivity contribution in [3.8, 4) is 0 Å². The van der Waals surface area contributed by atoms with Crippen LogP contribution in [0.15, 0.2) is 0 Å². The van der Waals surface area contributed by atoms with Gasteiger partial charge in [0, 0.05) is 12.1 Å². The lowest BCUT2D eigenvalue weighted by Gasteiger charge is -2.34. The van der Waals surface area contributed by atoms with Gasteiger partial charge in [0.15, 0.2) is 0 Å².